The molecule has 0 spiro atoms. The quantitative estimate of drug-likeness (QED) is 0.567. The lowest BCUT2D eigenvalue weighted by Gasteiger charge is -2.31. The van der Waals surface area contributed by atoms with Gasteiger partial charge >= 0.3 is 11.9 Å². The Bertz CT molecular complexity index is 392. The van der Waals surface area contributed by atoms with E-state index in [0.29, 0.717) is 0 Å². The number of esters is 2. The number of amides is 1. The van der Waals surface area contributed by atoms with Crippen LogP contribution in [-0.2, 0) is 28.6 Å². The van der Waals surface area contributed by atoms with Gasteiger partial charge in [-0.3, -0.25) is 14.4 Å². The summed E-state index contributed by atoms with van der Waals surface area (Å²) < 4.78 is 15.4. The Balaban J connectivity index is 2.68. The average molecular weight is 271 g/mol. The maximum Gasteiger partial charge on any atom is 0.303 e. The van der Waals surface area contributed by atoms with Crippen molar-refractivity contribution in [3.05, 3.63) is 12.2 Å². The third-order valence-electron chi connectivity index (χ3n) is 2.26. The molecule has 0 radical (unpaired) electrons. The van der Waals surface area contributed by atoms with Crippen molar-refractivity contribution in [3.8, 4) is 0 Å². The van der Waals surface area contributed by atoms with Crippen molar-refractivity contribution in [2.75, 3.05) is 6.61 Å². The molecule has 7 heteroatoms. The van der Waals surface area contributed by atoms with Gasteiger partial charge in [-0.2, -0.15) is 0 Å². The van der Waals surface area contributed by atoms with Crippen molar-refractivity contribution in [2.45, 2.75) is 39.2 Å². The van der Waals surface area contributed by atoms with Crippen LogP contribution in [0, 0.1) is 0 Å². The number of hydrogen-bond donors (Lipinski definition) is 1. The molecule has 0 saturated carbocycles. The van der Waals surface area contributed by atoms with Crippen LogP contribution in [0.4, 0.5) is 0 Å². The molecule has 106 valence electrons. The molecule has 1 aliphatic rings. The lowest BCUT2D eigenvalue weighted by molar-refractivity contribution is -0.166. The first-order valence-electron chi connectivity index (χ1n) is 5.80. The van der Waals surface area contributed by atoms with E-state index < -0.39 is 30.4 Å². The second-order valence-corrected chi connectivity index (χ2v) is 4.06. The molecule has 19 heavy (non-hydrogen) atoms. The van der Waals surface area contributed by atoms with Gasteiger partial charge in [0.1, 0.15) is 25.0 Å². The number of hydrogen-bond acceptors (Lipinski definition) is 6. The van der Waals surface area contributed by atoms with Gasteiger partial charge < -0.3 is 19.5 Å². The lowest BCUT2D eigenvalue weighted by Crippen LogP contribution is -2.46. The first-order chi connectivity index (χ1) is 8.88. The molecule has 0 aromatic rings. The molecule has 1 unspecified atom stereocenters. The molecule has 1 aliphatic heterocycles. The van der Waals surface area contributed by atoms with Crippen molar-refractivity contribution in [3.63, 3.8) is 0 Å². The maximum atomic E-state index is 11.0. The lowest BCUT2D eigenvalue weighted by atomic mass is 10.1. The Morgan fingerprint density at radius 1 is 1.16 bits per heavy atom. The molecule has 0 aromatic heterocycles. The largest absolute Gasteiger partial charge is 0.463 e. The molecule has 1 rings (SSSR count). The molecule has 1 heterocycles. The number of ether oxygens (including phenoxy) is 3. The van der Waals surface area contributed by atoms with E-state index in [-0.39, 0.29) is 12.5 Å². The van der Waals surface area contributed by atoms with Crippen LogP contribution >= 0.6 is 0 Å². The topological polar surface area (TPSA) is 90.9 Å². The molecular formula is C12H17NO6. The van der Waals surface area contributed by atoms with Gasteiger partial charge in [-0.05, 0) is 12.2 Å². The summed E-state index contributed by atoms with van der Waals surface area (Å²) in [6, 6.07) is 0. The van der Waals surface area contributed by atoms with Gasteiger partial charge in [0, 0.05) is 20.8 Å². The molecule has 0 aromatic carbocycles. The van der Waals surface area contributed by atoms with Crippen molar-refractivity contribution < 1.29 is 28.6 Å². The van der Waals surface area contributed by atoms with E-state index in [4.69, 9.17) is 14.2 Å². The Kier molecular flexibility index (Phi) is 5.50. The first kappa shape index (κ1) is 15.2. The predicted molar refractivity (Wildman–Crippen MR) is 63.8 cm³/mol. The van der Waals surface area contributed by atoms with Crippen LogP contribution in [0.1, 0.15) is 20.8 Å². The average Bonchev–Trinajstić information content (AvgIpc) is 2.27. The van der Waals surface area contributed by atoms with Gasteiger partial charge in [-0.1, -0.05) is 0 Å². The Labute approximate surface area is 110 Å². The fourth-order valence-corrected chi connectivity index (χ4v) is 1.57. The highest BCUT2D eigenvalue weighted by Crippen LogP contribution is 2.16. The molecule has 3 atom stereocenters. The fraction of sp³-hybridized carbons (Fsp3) is 0.583. The number of carbonyl (C=O) groups is 3. The molecule has 0 fully saturated rings. The molecule has 1 amide bonds. The zero-order valence-electron chi connectivity index (χ0n) is 11.0. The van der Waals surface area contributed by atoms with Crippen LogP contribution < -0.4 is 5.32 Å². The molecule has 1 N–H and O–H groups in total. The Morgan fingerprint density at radius 2 is 1.84 bits per heavy atom. The second kappa shape index (κ2) is 6.89. The summed E-state index contributed by atoms with van der Waals surface area (Å²) in [5.74, 6) is -1.19. The van der Waals surface area contributed by atoms with E-state index in [1.165, 1.54) is 20.8 Å². The van der Waals surface area contributed by atoms with E-state index in [2.05, 4.69) is 5.32 Å². The third-order valence-corrected chi connectivity index (χ3v) is 2.26. The van der Waals surface area contributed by atoms with Crippen molar-refractivity contribution in [2.24, 2.45) is 0 Å². The van der Waals surface area contributed by atoms with Crippen molar-refractivity contribution in [1.82, 2.24) is 5.32 Å². The number of nitrogens with one attached hydrogen (secondary N) is 1. The summed E-state index contributed by atoms with van der Waals surface area (Å²) in [5, 5.41) is 2.54. The summed E-state index contributed by atoms with van der Waals surface area (Å²) in [5.41, 5.74) is 0. The molecule has 0 aliphatic carbocycles. The van der Waals surface area contributed by atoms with E-state index in [0.717, 1.165) is 0 Å². The van der Waals surface area contributed by atoms with Crippen LogP contribution in [0.15, 0.2) is 12.2 Å². The van der Waals surface area contributed by atoms with Crippen LogP contribution in [0.5, 0.6) is 0 Å². The molecular weight excluding hydrogens is 254 g/mol. The summed E-state index contributed by atoms with van der Waals surface area (Å²) in [6.45, 7) is 3.84. The van der Waals surface area contributed by atoms with Gasteiger partial charge in [0.25, 0.3) is 0 Å². The smallest absolute Gasteiger partial charge is 0.303 e. The minimum absolute atomic E-state index is 0.0618. The molecule has 0 bridgehead atoms. The minimum atomic E-state index is -0.658. The SMILES string of the molecule is CC(=O)NC1C=C[C@H](OC(C)=O)[C@@H](COC(C)=O)O1. The van der Waals surface area contributed by atoms with Gasteiger partial charge in [-0.25, -0.2) is 0 Å². The van der Waals surface area contributed by atoms with Gasteiger partial charge in [0.05, 0.1) is 0 Å². The van der Waals surface area contributed by atoms with Crippen LogP contribution in [0.3, 0.4) is 0 Å². The van der Waals surface area contributed by atoms with E-state index in [1.54, 1.807) is 12.2 Å². The summed E-state index contributed by atoms with van der Waals surface area (Å²) in [6.07, 6.45) is 1.22. The normalized spacial score (nSPS) is 25.5. The Hall–Kier alpha value is -1.89. The van der Waals surface area contributed by atoms with E-state index in [9.17, 15) is 14.4 Å². The highest BCUT2D eigenvalue weighted by Gasteiger charge is 2.30. The third kappa shape index (κ3) is 5.52. The summed E-state index contributed by atoms with van der Waals surface area (Å²) in [7, 11) is 0. The van der Waals surface area contributed by atoms with Crippen molar-refractivity contribution in [1.29, 1.82) is 0 Å². The number of rotatable bonds is 4. The van der Waals surface area contributed by atoms with Gasteiger partial charge in [0.2, 0.25) is 5.91 Å². The predicted octanol–water partition coefficient (Wildman–Crippen LogP) is -0.102. The monoisotopic (exact) mass is 271 g/mol. The van der Waals surface area contributed by atoms with Crippen LogP contribution in [0.25, 0.3) is 0 Å². The molecule has 0 saturated heterocycles. The summed E-state index contributed by atoms with van der Waals surface area (Å²) in [4.78, 5) is 32.7. The highest BCUT2D eigenvalue weighted by atomic mass is 16.6. The van der Waals surface area contributed by atoms with E-state index in [1.807, 2.05) is 0 Å². The maximum absolute atomic E-state index is 11.0. The Morgan fingerprint density at radius 3 is 2.37 bits per heavy atom. The fourth-order valence-electron chi connectivity index (χ4n) is 1.57. The van der Waals surface area contributed by atoms with Crippen molar-refractivity contribution >= 4 is 17.8 Å². The van der Waals surface area contributed by atoms with E-state index >= 15 is 0 Å². The standard InChI is InChI=1S/C12H17NO6/c1-7(14)13-12-5-4-10(18-9(3)16)11(19-12)6-17-8(2)15/h4-5,10-12H,6H2,1-3H3,(H,13,14)/t10-,11+,12?/m0/s1. The second-order valence-electron chi connectivity index (χ2n) is 4.06. The zero-order chi connectivity index (χ0) is 14.4. The van der Waals surface area contributed by atoms with Gasteiger partial charge in [-0.15, -0.1) is 0 Å². The van der Waals surface area contributed by atoms with Crippen LogP contribution in [-0.4, -0.2) is 42.9 Å². The van der Waals surface area contributed by atoms with Crippen LogP contribution in [0.2, 0.25) is 0 Å². The minimum Gasteiger partial charge on any atom is -0.463 e. The first-order valence-corrected chi connectivity index (χ1v) is 5.80. The summed E-state index contributed by atoms with van der Waals surface area (Å²) >= 11 is 0. The zero-order valence-corrected chi connectivity index (χ0v) is 11.0. The highest BCUT2D eigenvalue weighted by molar-refractivity contribution is 5.73. The number of carbonyl (C=O) groups excluding carboxylic acids is 3. The molecule has 7 nitrogen and oxygen atoms in total. The van der Waals surface area contributed by atoms with Gasteiger partial charge in [0.15, 0.2) is 0 Å².